The summed E-state index contributed by atoms with van der Waals surface area (Å²) in [4.78, 5) is 58.2. The summed E-state index contributed by atoms with van der Waals surface area (Å²) in [6, 6.07) is 7.79. The molecule has 1 unspecified atom stereocenters. The predicted molar refractivity (Wildman–Crippen MR) is 131 cm³/mol. The zero-order chi connectivity index (χ0) is 26.3. The molecule has 0 saturated carbocycles. The van der Waals surface area contributed by atoms with E-state index in [1.165, 1.54) is 19.1 Å². The van der Waals surface area contributed by atoms with Gasteiger partial charge in [-0.1, -0.05) is 12.0 Å². The minimum absolute atomic E-state index is 0.0121. The highest BCUT2D eigenvalue weighted by atomic mass is 16.5. The van der Waals surface area contributed by atoms with Gasteiger partial charge in [0.1, 0.15) is 11.6 Å². The molecule has 0 radical (unpaired) electrons. The van der Waals surface area contributed by atoms with Gasteiger partial charge in [-0.15, -0.1) is 0 Å². The second kappa shape index (κ2) is 9.13. The largest absolute Gasteiger partial charge is 0.497 e. The summed E-state index contributed by atoms with van der Waals surface area (Å²) < 4.78 is 10.6. The number of ether oxygens (including phenoxy) is 2. The van der Waals surface area contributed by atoms with Crippen molar-refractivity contribution in [1.82, 2.24) is 20.5 Å². The van der Waals surface area contributed by atoms with Gasteiger partial charge < -0.3 is 19.7 Å². The first-order chi connectivity index (χ1) is 17.7. The number of pyridine rings is 1. The number of hydrogen-bond donors (Lipinski definition) is 2. The Kier molecular flexibility index (Phi) is 5.95. The van der Waals surface area contributed by atoms with Crippen molar-refractivity contribution in [2.24, 2.45) is 0 Å². The van der Waals surface area contributed by atoms with Crippen molar-refractivity contribution in [2.75, 3.05) is 25.7 Å². The van der Waals surface area contributed by atoms with Crippen LogP contribution in [0, 0.1) is 11.8 Å². The third kappa shape index (κ3) is 4.20. The Balaban J connectivity index is 1.49. The summed E-state index contributed by atoms with van der Waals surface area (Å²) in [5.74, 6) is 6.00. The van der Waals surface area contributed by atoms with Gasteiger partial charge in [0, 0.05) is 24.6 Å². The van der Waals surface area contributed by atoms with Gasteiger partial charge in [0.2, 0.25) is 11.4 Å². The molecule has 2 fully saturated rings. The molecule has 0 bridgehead atoms. The third-order valence-corrected chi connectivity index (χ3v) is 6.76. The molecular weight excluding hydrogens is 478 g/mol. The van der Waals surface area contributed by atoms with E-state index in [1.54, 1.807) is 35.2 Å². The molecule has 2 N–H and O–H groups in total. The van der Waals surface area contributed by atoms with E-state index < -0.39 is 17.5 Å². The molecule has 1 aromatic heterocycles. The van der Waals surface area contributed by atoms with Crippen LogP contribution in [-0.2, 0) is 16.1 Å². The van der Waals surface area contributed by atoms with Crippen molar-refractivity contribution < 1.29 is 28.7 Å². The lowest BCUT2D eigenvalue weighted by molar-refractivity contribution is -0.122. The van der Waals surface area contributed by atoms with Crippen molar-refractivity contribution in [3.8, 4) is 23.3 Å². The standard InChI is InChI=1S/C26H25N5O6/c1-15-4-9-22(32)31(15)21-8-7-20(37-3)19(27-21)10-11-26(24(34)28-25(35)29-26)14-30-13-16-5-6-17(36-2)12-18(16)23(30)33/h5-8,12,15H,4,9,13-14H2,1-3H3,(H2,28,29,34,35)/t15?,26-/m1/s1. The SMILES string of the molecule is COc1ccc2c(c1)C(=O)N(C[C@@]1(C#Cc3nc(N4C(=O)CCC4C)ccc3OC)NC(=O)NC1=O)C2. The molecule has 2 saturated heterocycles. The van der Waals surface area contributed by atoms with E-state index in [0.29, 0.717) is 29.3 Å². The molecule has 2 aromatic rings. The molecule has 37 heavy (non-hydrogen) atoms. The summed E-state index contributed by atoms with van der Waals surface area (Å²) in [6.45, 7) is 2.00. The van der Waals surface area contributed by atoms with Crippen molar-refractivity contribution >= 4 is 29.6 Å². The topological polar surface area (TPSA) is 130 Å². The number of methoxy groups -OCH3 is 2. The molecule has 4 heterocycles. The van der Waals surface area contributed by atoms with Crippen LogP contribution in [0.2, 0.25) is 0 Å². The van der Waals surface area contributed by atoms with Gasteiger partial charge in [0.15, 0.2) is 11.4 Å². The Labute approximate surface area is 213 Å². The molecule has 3 aliphatic heterocycles. The number of carbonyl (C=O) groups excluding carboxylic acids is 4. The molecule has 5 amide bonds. The molecule has 11 heteroatoms. The first-order valence-electron chi connectivity index (χ1n) is 11.7. The highest BCUT2D eigenvalue weighted by molar-refractivity contribution is 6.10. The number of urea groups is 1. The molecule has 190 valence electrons. The molecule has 3 aliphatic rings. The van der Waals surface area contributed by atoms with Crippen LogP contribution in [0.25, 0.3) is 0 Å². The van der Waals surface area contributed by atoms with Gasteiger partial charge >= 0.3 is 6.03 Å². The van der Waals surface area contributed by atoms with Crippen molar-refractivity contribution in [2.45, 2.75) is 37.9 Å². The Morgan fingerprint density at radius 2 is 1.95 bits per heavy atom. The van der Waals surface area contributed by atoms with E-state index >= 15 is 0 Å². The predicted octanol–water partition coefficient (Wildman–Crippen LogP) is 1.20. The van der Waals surface area contributed by atoms with Crippen LogP contribution < -0.4 is 25.0 Å². The van der Waals surface area contributed by atoms with Gasteiger partial charge in [0.05, 0.1) is 20.8 Å². The van der Waals surface area contributed by atoms with Gasteiger partial charge in [-0.05, 0) is 49.1 Å². The van der Waals surface area contributed by atoms with Crippen LogP contribution in [0.5, 0.6) is 11.5 Å². The van der Waals surface area contributed by atoms with Gasteiger partial charge in [-0.3, -0.25) is 24.6 Å². The average molecular weight is 504 g/mol. The third-order valence-electron chi connectivity index (χ3n) is 6.76. The van der Waals surface area contributed by atoms with Gasteiger partial charge in [0.25, 0.3) is 11.8 Å². The second-order valence-electron chi connectivity index (χ2n) is 9.12. The van der Waals surface area contributed by atoms with Crippen molar-refractivity contribution in [1.29, 1.82) is 0 Å². The van der Waals surface area contributed by atoms with E-state index in [2.05, 4.69) is 27.5 Å². The average Bonchev–Trinajstić information content (AvgIpc) is 3.49. The van der Waals surface area contributed by atoms with E-state index in [9.17, 15) is 19.2 Å². The van der Waals surface area contributed by atoms with Crippen LogP contribution in [0.4, 0.5) is 10.6 Å². The normalized spacial score (nSPS) is 22.4. The smallest absolute Gasteiger partial charge is 0.323 e. The number of nitrogens with one attached hydrogen (secondary N) is 2. The molecule has 11 nitrogen and oxygen atoms in total. The van der Waals surface area contributed by atoms with Crippen LogP contribution in [0.3, 0.4) is 0 Å². The van der Waals surface area contributed by atoms with Crippen molar-refractivity contribution in [3.05, 3.63) is 47.2 Å². The van der Waals surface area contributed by atoms with Crippen LogP contribution >= 0.6 is 0 Å². The molecule has 1 aromatic carbocycles. The maximum atomic E-state index is 13.1. The highest BCUT2D eigenvalue weighted by Gasteiger charge is 2.48. The summed E-state index contributed by atoms with van der Waals surface area (Å²) in [7, 11) is 2.97. The van der Waals surface area contributed by atoms with E-state index in [-0.39, 0.29) is 36.6 Å². The Morgan fingerprint density at radius 3 is 2.59 bits per heavy atom. The highest BCUT2D eigenvalue weighted by Crippen LogP contribution is 2.30. The minimum atomic E-state index is -1.71. The lowest BCUT2D eigenvalue weighted by Crippen LogP contribution is -2.54. The maximum absolute atomic E-state index is 13.1. The fourth-order valence-electron chi connectivity index (χ4n) is 4.78. The molecule has 0 aliphatic carbocycles. The Bertz CT molecular complexity index is 1400. The number of amides is 5. The van der Waals surface area contributed by atoms with Crippen molar-refractivity contribution in [3.63, 3.8) is 0 Å². The first-order valence-corrected chi connectivity index (χ1v) is 11.7. The Hall–Kier alpha value is -4.59. The zero-order valence-electron chi connectivity index (χ0n) is 20.6. The second-order valence-corrected chi connectivity index (χ2v) is 9.12. The number of fused-ring (bicyclic) bond motifs is 1. The van der Waals surface area contributed by atoms with Crippen LogP contribution in [0.1, 0.15) is 41.4 Å². The molecule has 2 atom stereocenters. The lowest BCUT2D eigenvalue weighted by atomic mass is 9.99. The lowest BCUT2D eigenvalue weighted by Gasteiger charge is -2.26. The summed E-state index contributed by atoms with van der Waals surface area (Å²) in [5.41, 5.74) is -0.272. The number of rotatable bonds is 5. The number of benzene rings is 1. The van der Waals surface area contributed by atoms with E-state index in [4.69, 9.17) is 9.47 Å². The maximum Gasteiger partial charge on any atom is 0.323 e. The van der Waals surface area contributed by atoms with E-state index in [1.807, 2.05) is 6.92 Å². The fraction of sp³-hybridized carbons (Fsp3) is 0.346. The first kappa shape index (κ1) is 24.1. The summed E-state index contributed by atoms with van der Waals surface area (Å²) >= 11 is 0. The monoisotopic (exact) mass is 503 g/mol. The van der Waals surface area contributed by atoms with Gasteiger partial charge in [-0.2, -0.15) is 0 Å². The number of imide groups is 1. The minimum Gasteiger partial charge on any atom is -0.497 e. The fourth-order valence-corrected chi connectivity index (χ4v) is 4.78. The van der Waals surface area contributed by atoms with E-state index in [0.717, 1.165) is 12.0 Å². The number of nitrogens with zero attached hydrogens (tertiary/aromatic N) is 3. The quantitative estimate of drug-likeness (QED) is 0.463. The van der Waals surface area contributed by atoms with Gasteiger partial charge in [-0.25, -0.2) is 9.78 Å². The molecule has 0 spiro atoms. The number of anilines is 1. The molecule has 5 rings (SSSR count). The summed E-state index contributed by atoms with van der Waals surface area (Å²) in [6.07, 6.45) is 1.16. The number of aromatic nitrogens is 1. The number of carbonyl (C=O) groups is 4. The Morgan fingerprint density at radius 1 is 1.14 bits per heavy atom. The summed E-state index contributed by atoms with van der Waals surface area (Å²) in [5, 5.41) is 4.80. The van der Waals surface area contributed by atoms with Crippen LogP contribution in [0.15, 0.2) is 30.3 Å². The molecular formula is C26H25N5O6. The zero-order valence-corrected chi connectivity index (χ0v) is 20.6. The number of hydrogen-bond acceptors (Lipinski definition) is 7. The van der Waals surface area contributed by atoms with Crippen LogP contribution in [-0.4, -0.2) is 66.0 Å².